The Balaban J connectivity index is 3.65. The fourth-order valence-electron chi connectivity index (χ4n) is 0.901. The highest BCUT2D eigenvalue weighted by molar-refractivity contribution is 5.78. The second-order valence-corrected chi connectivity index (χ2v) is 4.01. The Bertz CT molecular complexity index is 223. The summed E-state index contributed by atoms with van der Waals surface area (Å²) in [5, 5.41) is 5.73. The zero-order valence-electron chi connectivity index (χ0n) is 10.0. The maximum atomic E-state index is 11.2. The van der Waals surface area contributed by atoms with Crippen molar-refractivity contribution in [3.8, 4) is 0 Å². The SMILES string of the molecule is CC(C)NC(N)=NCCNC(=O)C(C)C. The number of carbonyl (C=O) groups is 1. The molecular formula is C10H22N4O. The van der Waals surface area contributed by atoms with Gasteiger partial charge in [-0.25, -0.2) is 0 Å². The van der Waals surface area contributed by atoms with Crippen LogP contribution in [-0.2, 0) is 4.79 Å². The summed E-state index contributed by atoms with van der Waals surface area (Å²) in [6, 6.07) is 0.277. The van der Waals surface area contributed by atoms with Gasteiger partial charge in [-0.3, -0.25) is 9.79 Å². The van der Waals surface area contributed by atoms with Crippen LogP contribution < -0.4 is 16.4 Å². The topological polar surface area (TPSA) is 79.5 Å². The summed E-state index contributed by atoms with van der Waals surface area (Å²) in [7, 11) is 0. The van der Waals surface area contributed by atoms with Crippen molar-refractivity contribution in [1.82, 2.24) is 10.6 Å². The maximum Gasteiger partial charge on any atom is 0.222 e. The van der Waals surface area contributed by atoms with Gasteiger partial charge in [0.2, 0.25) is 5.91 Å². The van der Waals surface area contributed by atoms with Crippen molar-refractivity contribution in [2.75, 3.05) is 13.1 Å². The summed E-state index contributed by atoms with van der Waals surface area (Å²) in [6.07, 6.45) is 0. The Morgan fingerprint density at radius 2 is 1.93 bits per heavy atom. The molecule has 0 aliphatic carbocycles. The highest BCUT2D eigenvalue weighted by atomic mass is 16.1. The van der Waals surface area contributed by atoms with E-state index in [-0.39, 0.29) is 17.9 Å². The molecule has 0 heterocycles. The number of carbonyl (C=O) groups excluding carboxylic acids is 1. The van der Waals surface area contributed by atoms with Crippen molar-refractivity contribution >= 4 is 11.9 Å². The fraction of sp³-hybridized carbons (Fsp3) is 0.800. The van der Waals surface area contributed by atoms with Crippen molar-refractivity contribution in [1.29, 1.82) is 0 Å². The van der Waals surface area contributed by atoms with Crippen LogP contribution in [0.1, 0.15) is 27.7 Å². The third-order valence-corrected chi connectivity index (χ3v) is 1.65. The van der Waals surface area contributed by atoms with Gasteiger partial charge in [0, 0.05) is 18.5 Å². The first-order valence-electron chi connectivity index (χ1n) is 5.27. The third-order valence-electron chi connectivity index (χ3n) is 1.65. The Hall–Kier alpha value is -1.26. The summed E-state index contributed by atoms with van der Waals surface area (Å²) in [6.45, 7) is 8.72. The Kier molecular flexibility index (Phi) is 6.49. The predicted octanol–water partition coefficient (Wildman–Crippen LogP) is 0.0713. The van der Waals surface area contributed by atoms with Gasteiger partial charge in [-0.2, -0.15) is 0 Å². The van der Waals surface area contributed by atoms with E-state index in [1.165, 1.54) is 0 Å². The van der Waals surface area contributed by atoms with Crippen molar-refractivity contribution in [2.45, 2.75) is 33.7 Å². The Morgan fingerprint density at radius 1 is 1.33 bits per heavy atom. The number of hydrogen-bond donors (Lipinski definition) is 3. The van der Waals surface area contributed by atoms with E-state index in [2.05, 4.69) is 15.6 Å². The summed E-state index contributed by atoms with van der Waals surface area (Å²) in [4.78, 5) is 15.2. The zero-order valence-corrected chi connectivity index (χ0v) is 10.0. The minimum Gasteiger partial charge on any atom is -0.370 e. The van der Waals surface area contributed by atoms with E-state index in [0.717, 1.165) is 0 Å². The summed E-state index contributed by atoms with van der Waals surface area (Å²) in [5.74, 6) is 0.476. The molecule has 5 heteroatoms. The van der Waals surface area contributed by atoms with Crippen LogP contribution in [0.15, 0.2) is 4.99 Å². The van der Waals surface area contributed by atoms with E-state index < -0.39 is 0 Å². The van der Waals surface area contributed by atoms with Crippen LogP contribution >= 0.6 is 0 Å². The molecule has 0 aromatic carbocycles. The van der Waals surface area contributed by atoms with Gasteiger partial charge >= 0.3 is 0 Å². The van der Waals surface area contributed by atoms with E-state index in [9.17, 15) is 4.79 Å². The van der Waals surface area contributed by atoms with Crippen molar-refractivity contribution in [3.05, 3.63) is 0 Å². The average Bonchev–Trinajstić information content (AvgIpc) is 2.10. The standard InChI is InChI=1S/C10H22N4O/c1-7(2)9(15)12-5-6-13-10(11)14-8(3)4/h7-8H,5-6H2,1-4H3,(H,12,15)(H3,11,13,14). The Morgan fingerprint density at radius 3 is 2.40 bits per heavy atom. The second-order valence-electron chi connectivity index (χ2n) is 4.01. The van der Waals surface area contributed by atoms with Crippen molar-refractivity contribution < 1.29 is 4.79 Å². The van der Waals surface area contributed by atoms with Crippen LogP contribution in [0.4, 0.5) is 0 Å². The summed E-state index contributed by atoms with van der Waals surface area (Å²) >= 11 is 0. The minimum atomic E-state index is 0.0140. The molecule has 0 unspecified atom stereocenters. The molecule has 0 saturated heterocycles. The lowest BCUT2D eigenvalue weighted by atomic mass is 10.2. The number of rotatable bonds is 5. The van der Waals surface area contributed by atoms with E-state index in [4.69, 9.17) is 5.73 Å². The van der Waals surface area contributed by atoms with Gasteiger partial charge in [0.05, 0.1) is 6.54 Å². The van der Waals surface area contributed by atoms with Gasteiger partial charge in [-0.05, 0) is 13.8 Å². The molecule has 1 amide bonds. The number of nitrogens with two attached hydrogens (primary N) is 1. The first-order chi connectivity index (χ1) is 6.93. The number of hydrogen-bond acceptors (Lipinski definition) is 2. The molecule has 0 fully saturated rings. The predicted molar refractivity (Wildman–Crippen MR) is 62.6 cm³/mol. The molecular weight excluding hydrogens is 192 g/mol. The molecule has 0 saturated carbocycles. The van der Waals surface area contributed by atoms with Gasteiger partial charge in [0.25, 0.3) is 0 Å². The van der Waals surface area contributed by atoms with Crippen molar-refractivity contribution in [3.63, 3.8) is 0 Å². The monoisotopic (exact) mass is 214 g/mol. The molecule has 0 bridgehead atoms. The van der Waals surface area contributed by atoms with Gasteiger partial charge in [0.1, 0.15) is 0 Å². The number of nitrogens with zero attached hydrogens (tertiary/aromatic N) is 1. The molecule has 0 radical (unpaired) electrons. The van der Waals surface area contributed by atoms with Gasteiger partial charge in [-0.1, -0.05) is 13.8 Å². The smallest absolute Gasteiger partial charge is 0.222 e. The summed E-state index contributed by atoms with van der Waals surface area (Å²) < 4.78 is 0. The highest BCUT2D eigenvalue weighted by Gasteiger charge is 2.04. The highest BCUT2D eigenvalue weighted by Crippen LogP contribution is 1.89. The molecule has 88 valence electrons. The van der Waals surface area contributed by atoms with Gasteiger partial charge < -0.3 is 16.4 Å². The van der Waals surface area contributed by atoms with Crippen LogP contribution in [-0.4, -0.2) is 31.0 Å². The van der Waals surface area contributed by atoms with E-state index in [1.807, 2.05) is 27.7 Å². The molecule has 0 aromatic heterocycles. The third kappa shape index (κ3) is 7.78. The number of nitrogens with one attached hydrogen (secondary N) is 2. The molecule has 0 rings (SSSR count). The Labute approximate surface area is 91.5 Å². The van der Waals surface area contributed by atoms with Gasteiger partial charge in [-0.15, -0.1) is 0 Å². The van der Waals surface area contributed by atoms with Crippen LogP contribution in [0.5, 0.6) is 0 Å². The molecule has 0 spiro atoms. The lowest BCUT2D eigenvalue weighted by Gasteiger charge is -2.09. The van der Waals surface area contributed by atoms with Crippen LogP contribution in [0.3, 0.4) is 0 Å². The molecule has 5 nitrogen and oxygen atoms in total. The zero-order chi connectivity index (χ0) is 11.8. The minimum absolute atomic E-state index is 0.0140. The van der Waals surface area contributed by atoms with Gasteiger partial charge in [0.15, 0.2) is 5.96 Å². The molecule has 0 aliphatic heterocycles. The molecule has 0 aliphatic rings. The van der Waals surface area contributed by atoms with Crippen LogP contribution in [0, 0.1) is 5.92 Å². The normalized spacial score (nSPS) is 12.0. The quantitative estimate of drug-likeness (QED) is 0.344. The number of amides is 1. The van der Waals surface area contributed by atoms with Crippen molar-refractivity contribution in [2.24, 2.45) is 16.6 Å². The lowest BCUT2D eigenvalue weighted by Crippen LogP contribution is -2.37. The first kappa shape index (κ1) is 13.7. The number of guanidine groups is 1. The fourth-order valence-corrected chi connectivity index (χ4v) is 0.901. The van der Waals surface area contributed by atoms with Crippen LogP contribution in [0.2, 0.25) is 0 Å². The largest absolute Gasteiger partial charge is 0.370 e. The van der Waals surface area contributed by atoms with E-state index in [1.54, 1.807) is 0 Å². The second kappa shape index (κ2) is 7.09. The average molecular weight is 214 g/mol. The van der Waals surface area contributed by atoms with E-state index in [0.29, 0.717) is 19.0 Å². The van der Waals surface area contributed by atoms with Crippen LogP contribution in [0.25, 0.3) is 0 Å². The lowest BCUT2D eigenvalue weighted by molar-refractivity contribution is -0.123. The number of aliphatic imine (C=N–C) groups is 1. The molecule has 0 atom stereocenters. The maximum absolute atomic E-state index is 11.2. The molecule has 4 N–H and O–H groups in total. The molecule has 15 heavy (non-hydrogen) atoms. The summed E-state index contributed by atoms with van der Waals surface area (Å²) in [5.41, 5.74) is 5.58. The first-order valence-corrected chi connectivity index (χ1v) is 5.27. The van der Waals surface area contributed by atoms with E-state index >= 15 is 0 Å². The molecule has 0 aromatic rings.